The van der Waals surface area contributed by atoms with Gasteiger partial charge in [-0.2, -0.15) is 0 Å². The van der Waals surface area contributed by atoms with E-state index in [4.69, 9.17) is 4.74 Å². The number of esters is 1. The minimum absolute atomic E-state index is 0.114. The molecule has 2 N–H and O–H groups in total. The molecule has 0 unspecified atom stereocenters. The standard InChI is InChI=1S/C21H28N2O4S/c1-14(20(25)23-21(26)22-17-8-3-2-4-9-17)27-19(24)13-28-18-11-10-15-6-5-7-16(15)12-18/h10-12,14,17H,2-9,13H2,1H3,(H2,22,23,25,26)/t14-/m1/s1. The van der Waals surface area contributed by atoms with Crippen LogP contribution in [0.25, 0.3) is 0 Å². The Hall–Kier alpha value is -2.02. The summed E-state index contributed by atoms with van der Waals surface area (Å²) in [5.74, 6) is -0.949. The van der Waals surface area contributed by atoms with Crippen LogP contribution in [0, 0.1) is 0 Å². The molecule has 0 radical (unpaired) electrons. The number of imide groups is 1. The summed E-state index contributed by atoms with van der Waals surface area (Å²) in [6, 6.07) is 5.87. The van der Waals surface area contributed by atoms with E-state index in [1.807, 2.05) is 6.07 Å². The van der Waals surface area contributed by atoms with Gasteiger partial charge in [-0.05, 0) is 62.3 Å². The molecule has 0 aliphatic heterocycles. The first kappa shape index (κ1) is 20.7. The minimum atomic E-state index is -1.01. The molecule has 3 amide bonds. The van der Waals surface area contributed by atoms with Crippen molar-refractivity contribution in [2.45, 2.75) is 75.3 Å². The van der Waals surface area contributed by atoms with Gasteiger partial charge in [0, 0.05) is 10.9 Å². The Morgan fingerprint density at radius 2 is 1.86 bits per heavy atom. The average molecular weight is 405 g/mol. The number of aryl methyl sites for hydroxylation is 2. The number of carbonyl (C=O) groups is 3. The van der Waals surface area contributed by atoms with Crippen molar-refractivity contribution in [3.05, 3.63) is 29.3 Å². The monoisotopic (exact) mass is 404 g/mol. The van der Waals surface area contributed by atoms with E-state index in [9.17, 15) is 14.4 Å². The fourth-order valence-electron chi connectivity index (χ4n) is 3.75. The van der Waals surface area contributed by atoms with Crippen molar-refractivity contribution in [2.75, 3.05) is 5.75 Å². The van der Waals surface area contributed by atoms with Crippen molar-refractivity contribution in [3.8, 4) is 0 Å². The fourth-order valence-corrected chi connectivity index (χ4v) is 4.49. The molecule has 6 nitrogen and oxygen atoms in total. The van der Waals surface area contributed by atoms with Gasteiger partial charge in [-0.25, -0.2) is 4.79 Å². The summed E-state index contributed by atoms with van der Waals surface area (Å²) in [5.41, 5.74) is 2.75. The third-order valence-electron chi connectivity index (χ3n) is 5.28. The van der Waals surface area contributed by atoms with Gasteiger partial charge in [0.2, 0.25) is 0 Å². The molecular weight excluding hydrogens is 376 g/mol. The zero-order valence-corrected chi connectivity index (χ0v) is 17.1. The zero-order chi connectivity index (χ0) is 19.9. The van der Waals surface area contributed by atoms with Crippen LogP contribution in [0.1, 0.15) is 56.6 Å². The number of fused-ring (bicyclic) bond motifs is 1. The van der Waals surface area contributed by atoms with E-state index in [0.717, 1.165) is 43.4 Å². The number of rotatable bonds is 6. The minimum Gasteiger partial charge on any atom is -0.452 e. The SMILES string of the molecule is C[C@@H](OC(=O)CSc1ccc2c(c1)CCC2)C(=O)NC(=O)NC1CCCCC1. The quantitative estimate of drug-likeness (QED) is 0.561. The largest absolute Gasteiger partial charge is 0.452 e. The molecule has 1 fully saturated rings. The molecule has 1 aromatic rings. The molecule has 1 atom stereocenters. The number of benzene rings is 1. The van der Waals surface area contributed by atoms with Crippen LogP contribution in [0.5, 0.6) is 0 Å². The molecule has 2 aliphatic rings. The van der Waals surface area contributed by atoms with Crippen molar-refractivity contribution < 1.29 is 19.1 Å². The highest BCUT2D eigenvalue weighted by molar-refractivity contribution is 8.00. The van der Waals surface area contributed by atoms with E-state index >= 15 is 0 Å². The third-order valence-corrected chi connectivity index (χ3v) is 6.25. The summed E-state index contributed by atoms with van der Waals surface area (Å²) in [5, 5.41) is 5.07. The van der Waals surface area contributed by atoms with Gasteiger partial charge < -0.3 is 10.1 Å². The Morgan fingerprint density at radius 1 is 1.11 bits per heavy atom. The number of carbonyl (C=O) groups excluding carboxylic acids is 3. The second-order valence-corrected chi connectivity index (χ2v) is 8.55. The van der Waals surface area contributed by atoms with Gasteiger partial charge in [-0.1, -0.05) is 25.3 Å². The normalized spacial score (nSPS) is 17.5. The van der Waals surface area contributed by atoms with Gasteiger partial charge in [0.05, 0.1) is 5.75 Å². The van der Waals surface area contributed by atoms with E-state index in [-0.39, 0.29) is 11.8 Å². The van der Waals surface area contributed by atoms with Crippen molar-refractivity contribution in [3.63, 3.8) is 0 Å². The number of urea groups is 1. The van der Waals surface area contributed by atoms with Crippen LogP contribution in [-0.2, 0) is 27.2 Å². The fraction of sp³-hybridized carbons (Fsp3) is 0.571. The maximum absolute atomic E-state index is 12.1. The summed E-state index contributed by atoms with van der Waals surface area (Å²) in [4.78, 5) is 37.1. The molecule has 0 bridgehead atoms. The lowest BCUT2D eigenvalue weighted by atomic mass is 9.96. The first-order chi connectivity index (χ1) is 13.5. The van der Waals surface area contributed by atoms with Gasteiger partial charge in [-0.3, -0.25) is 14.9 Å². The Labute approximate surface area is 170 Å². The summed E-state index contributed by atoms with van der Waals surface area (Å²) >= 11 is 1.40. The van der Waals surface area contributed by atoms with Crippen LogP contribution in [0.15, 0.2) is 23.1 Å². The lowest BCUT2D eigenvalue weighted by molar-refractivity contribution is -0.151. The van der Waals surface area contributed by atoms with E-state index in [0.29, 0.717) is 0 Å². The van der Waals surface area contributed by atoms with Crippen molar-refractivity contribution in [1.29, 1.82) is 0 Å². The highest BCUT2D eigenvalue weighted by Gasteiger charge is 2.22. The molecule has 0 aromatic heterocycles. The predicted octanol–water partition coefficient (Wildman–Crippen LogP) is 3.36. The number of hydrogen-bond donors (Lipinski definition) is 2. The Morgan fingerprint density at radius 3 is 2.64 bits per heavy atom. The predicted molar refractivity (Wildman–Crippen MR) is 108 cm³/mol. The maximum atomic E-state index is 12.1. The van der Waals surface area contributed by atoms with Crippen LogP contribution in [0.4, 0.5) is 4.79 Å². The Kier molecular flexibility index (Phi) is 7.36. The highest BCUT2D eigenvalue weighted by atomic mass is 32.2. The molecule has 0 saturated heterocycles. The van der Waals surface area contributed by atoms with Crippen molar-refractivity contribution >= 4 is 29.7 Å². The Bertz CT molecular complexity index is 731. The van der Waals surface area contributed by atoms with Crippen molar-refractivity contribution in [1.82, 2.24) is 10.6 Å². The molecule has 1 aromatic carbocycles. The third kappa shape index (κ3) is 5.99. The molecule has 0 spiro atoms. The number of amides is 3. The summed E-state index contributed by atoms with van der Waals surface area (Å²) in [7, 11) is 0. The first-order valence-electron chi connectivity index (χ1n) is 10.1. The first-order valence-corrected chi connectivity index (χ1v) is 11.1. The average Bonchev–Trinajstić information content (AvgIpc) is 3.14. The molecule has 1 saturated carbocycles. The molecule has 3 rings (SSSR count). The molecular formula is C21H28N2O4S. The van der Waals surface area contributed by atoms with E-state index in [1.165, 1.54) is 42.7 Å². The number of thioether (sulfide) groups is 1. The summed E-state index contributed by atoms with van der Waals surface area (Å²) in [6.07, 6.45) is 7.64. The number of hydrogen-bond acceptors (Lipinski definition) is 5. The molecule has 2 aliphatic carbocycles. The van der Waals surface area contributed by atoms with Gasteiger partial charge in [0.15, 0.2) is 6.10 Å². The Balaban J connectivity index is 1.38. The van der Waals surface area contributed by atoms with E-state index in [1.54, 1.807) is 0 Å². The van der Waals surface area contributed by atoms with Gasteiger partial charge in [0.25, 0.3) is 5.91 Å². The van der Waals surface area contributed by atoms with Crippen LogP contribution in [-0.4, -0.2) is 35.8 Å². The van der Waals surface area contributed by atoms with Crippen LogP contribution < -0.4 is 10.6 Å². The van der Waals surface area contributed by atoms with Crippen LogP contribution in [0.2, 0.25) is 0 Å². The summed E-state index contributed by atoms with van der Waals surface area (Å²) < 4.78 is 5.17. The van der Waals surface area contributed by atoms with Crippen LogP contribution in [0.3, 0.4) is 0 Å². The van der Waals surface area contributed by atoms with Gasteiger partial charge in [0.1, 0.15) is 0 Å². The van der Waals surface area contributed by atoms with E-state index < -0.39 is 24.0 Å². The number of nitrogens with one attached hydrogen (secondary N) is 2. The lowest BCUT2D eigenvalue weighted by Crippen LogP contribution is -2.48. The molecule has 0 heterocycles. The van der Waals surface area contributed by atoms with Crippen molar-refractivity contribution in [2.24, 2.45) is 0 Å². The zero-order valence-electron chi connectivity index (χ0n) is 16.3. The van der Waals surface area contributed by atoms with Gasteiger partial charge >= 0.3 is 12.0 Å². The molecule has 28 heavy (non-hydrogen) atoms. The molecule has 152 valence electrons. The smallest absolute Gasteiger partial charge is 0.321 e. The van der Waals surface area contributed by atoms with Gasteiger partial charge in [-0.15, -0.1) is 11.8 Å². The maximum Gasteiger partial charge on any atom is 0.321 e. The van der Waals surface area contributed by atoms with Crippen LogP contribution >= 0.6 is 11.8 Å². The second kappa shape index (κ2) is 9.96. The lowest BCUT2D eigenvalue weighted by Gasteiger charge is -2.23. The highest BCUT2D eigenvalue weighted by Crippen LogP contribution is 2.27. The topological polar surface area (TPSA) is 84.5 Å². The van der Waals surface area contributed by atoms with E-state index in [2.05, 4.69) is 22.8 Å². The second-order valence-electron chi connectivity index (χ2n) is 7.50. The summed E-state index contributed by atoms with van der Waals surface area (Å²) in [6.45, 7) is 1.47. The number of ether oxygens (including phenoxy) is 1. The molecule has 7 heteroatoms.